The van der Waals surface area contributed by atoms with E-state index in [4.69, 9.17) is 9.84 Å². The third kappa shape index (κ3) is 4.60. The van der Waals surface area contributed by atoms with Crippen LogP contribution in [0.2, 0.25) is 0 Å². The number of hydrogen-bond donors (Lipinski definition) is 2. The van der Waals surface area contributed by atoms with E-state index in [9.17, 15) is 19.3 Å². The van der Waals surface area contributed by atoms with Gasteiger partial charge in [0, 0.05) is 12.6 Å². The number of hydrogen-bond acceptors (Lipinski definition) is 5. The summed E-state index contributed by atoms with van der Waals surface area (Å²) in [5.74, 6) is -1.64. The van der Waals surface area contributed by atoms with Crippen LogP contribution < -0.4 is 5.32 Å². The molecule has 0 unspecified atom stereocenters. The molecule has 2 N–H and O–H groups in total. The van der Waals surface area contributed by atoms with Crippen LogP contribution in [0.4, 0.5) is 10.1 Å². The van der Waals surface area contributed by atoms with Gasteiger partial charge in [0.25, 0.3) is 11.6 Å². The average Bonchev–Trinajstić information content (AvgIpc) is 2.38. The molecule has 0 atom stereocenters. The van der Waals surface area contributed by atoms with E-state index in [1.807, 2.05) is 0 Å². The van der Waals surface area contributed by atoms with Crippen molar-refractivity contribution in [2.75, 3.05) is 26.4 Å². The SMILES string of the molecule is O=C(NCCOCCO)c1ccc([N+](=O)[O-])cc1F. The van der Waals surface area contributed by atoms with Crippen molar-refractivity contribution in [2.45, 2.75) is 0 Å². The first-order chi connectivity index (χ1) is 9.06. The number of carbonyl (C=O) groups excluding carboxylic acids is 1. The van der Waals surface area contributed by atoms with Gasteiger partial charge < -0.3 is 15.2 Å². The van der Waals surface area contributed by atoms with Crippen LogP contribution in [0.3, 0.4) is 0 Å². The largest absolute Gasteiger partial charge is 0.394 e. The third-order valence-corrected chi connectivity index (χ3v) is 2.18. The minimum Gasteiger partial charge on any atom is -0.394 e. The van der Waals surface area contributed by atoms with Gasteiger partial charge in [-0.3, -0.25) is 14.9 Å². The van der Waals surface area contributed by atoms with Crippen LogP contribution in [-0.2, 0) is 4.74 Å². The second-order valence-corrected chi connectivity index (χ2v) is 3.51. The van der Waals surface area contributed by atoms with Crippen molar-refractivity contribution in [2.24, 2.45) is 0 Å². The molecule has 0 aliphatic rings. The molecule has 0 heterocycles. The third-order valence-electron chi connectivity index (χ3n) is 2.18. The van der Waals surface area contributed by atoms with Crippen LogP contribution >= 0.6 is 0 Å². The fourth-order valence-corrected chi connectivity index (χ4v) is 1.30. The minimum absolute atomic E-state index is 0.120. The normalized spacial score (nSPS) is 10.2. The monoisotopic (exact) mass is 272 g/mol. The van der Waals surface area contributed by atoms with Gasteiger partial charge in [-0.1, -0.05) is 0 Å². The lowest BCUT2D eigenvalue weighted by Crippen LogP contribution is -2.28. The lowest BCUT2D eigenvalue weighted by atomic mass is 10.2. The first kappa shape index (κ1) is 15.0. The van der Waals surface area contributed by atoms with Crippen LogP contribution in [-0.4, -0.2) is 42.3 Å². The molecule has 8 heteroatoms. The van der Waals surface area contributed by atoms with Gasteiger partial charge in [-0.25, -0.2) is 4.39 Å². The zero-order valence-corrected chi connectivity index (χ0v) is 9.97. The van der Waals surface area contributed by atoms with Crippen molar-refractivity contribution >= 4 is 11.6 Å². The van der Waals surface area contributed by atoms with E-state index >= 15 is 0 Å². The quantitative estimate of drug-likeness (QED) is 0.427. The standard InChI is InChI=1S/C11H13FN2O5/c12-10-7-8(14(17)18)1-2-9(10)11(16)13-3-5-19-6-4-15/h1-2,7,15H,3-6H2,(H,13,16). The Morgan fingerprint density at radius 1 is 1.47 bits per heavy atom. The molecule has 0 bridgehead atoms. The first-order valence-corrected chi connectivity index (χ1v) is 5.47. The van der Waals surface area contributed by atoms with Gasteiger partial charge in [0.1, 0.15) is 5.82 Å². The Kier molecular flexibility index (Phi) is 5.83. The van der Waals surface area contributed by atoms with Crippen LogP contribution in [0.1, 0.15) is 10.4 Å². The molecule has 0 aliphatic carbocycles. The molecule has 104 valence electrons. The highest BCUT2D eigenvalue weighted by Gasteiger charge is 2.15. The van der Waals surface area contributed by atoms with E-state index in [0.717, 1.165) is 12.1 Å². The molecule has 7 nitrogen and oxygen atoms in total. The van der Waals surface area contributed by atoms with Gasteiger partial charge in [0.05, 0.1) is 36.4 Å². The number of nitrogens with zero attached hydrogens (tertiary/aromatic N) is 1. The number of aliphatic hydroxyl groups excluding tert-OH is 1. The highest BCUT2D eigenvalue weighted by molar-refractivity contribution is 5.94. The van der Waals surface area contributed by atoms with E-state index in [0.29, 0.717) is 6.07 Å². The number of carbonyl (C=O) groups is 1. The van der Waals surface area contributed by atoms with Crippen molar-refractivity contribution in [1.29, 1.82) is 0 Å². The maximum absolute atomic E-state index is 13.5. The van der Waals surface area contributed by atoms with Gasteiger partial charge in [-0.15, -0.1) is 0 Å². The number of ether oxygens (including phenoxy) is 1. The molecule has 0 aliphatic heterocycles. The second-order valence-electron chi connectivity index (χ2n) is 3.51. The number of halogens is 1. The number of rotatable bonds is 7. The molecule has 0 radical (unpaired) electrons. The van der Waals surface area contributed by atoms with Crippen molar-refractivity contribution < 1.29 is 24.0 Å². The summed E-state index contributed by atoms with van der Waals surface area (Å²) in [7, 11) is 0. The Labute approximate surface area is 108 Å². The van der Waals surface area contributed by atoms with E-state index in [1.165, 1.54) is 0 Å². The Bertz CT molecular complexity index is 466. The Morgan fingerprint density at radius 2 is 2.21 bits per heavy atom. The van der Waals surface area contributed by atoms with E-state index < -0.39 is 22.3 Å². The fraction of sp³-hybridized carbons (Fsp3) is 0.364. The zero-order valence-electron chi connectivity index (χ0n) is 9.97. The van der Waals surface area contributed by atoms with Gasteiger partial charge in [-0.2, -0.15) is 0 Å². The number of aliphatic hydroxyl groups is 1. The number of nitrogens with one attached hydrogen (secondary N) is 1. The van der Waals surface area contributed by atoms with Crippen LogP contribution in [0, 0.1) is 15.9 Å². The molecule has 1 aromatic rings. The molecule has 0 fully saturated rings. The topological polar surface area (TPSA) is 102 Å². The zero-order chi connectivity index (χ0) is 14.3. The van der Waals surface area contributed by atoms with E-state index in [2.05, 4.69) is 5.32 Å². The molecule has 0 spiro atoms. The summed E-state index contributed by atoms with van der Waals surface area (Å²) >= 11 is 0. The lowest BCUT2D eigenvalue weighted by Gasteiger charge is -2.06. The molecule has 0 saturated carbocycles. The highest BCUT2D eigenvalue weighted by Crippen LogP contribution is 2.16. The lowest BCUT2D eigenvalue weighted by molar-refractivity contribution is -0.385. The Balaban J connectivity index is 2.55. The van der Waals surface area contributed by atoms with Gasteiger partial charge in [-0.05, 0) is 6.07 Å². The van der Waals surface area contributed by atoms with Crippen molar-refractivity contribution in [1.82, 2.24) is 5.32 Å². The molecule has 1 rings (SSSR count). The molecular formula is C11H13FN2O5. The summed E-state index contributed by atoms with van der Waals surface area (Å²) in [6.45, 7) is 0.364. The number of nitro groups is 1. The predicted molar refractivity (Wildman–Crippen MR) is 63.3 cm³/mol. The first-order valence-electron chi connectivity index (χ1n) is 5.47. The van der Waals surface area contributed by atoms with Crippen molar-refractivity contribution in [3.63, 3.8) is 0 Å². The predicted octanol–water partition coefficient (Wildman–Crippen LogP) is 0.473. The van der Waals surface area contributed by atoms with E-state index in [1.54, 1.807) is 0 Å². The maximum atomic E-state index is 13.5. The van der Waals surface area contributed by atoms with Gasteiger partial charge in [0.15, 0.2) is 0 Å². The molecule has 1 aromatic carbocycles. The molecule has 19 heavy (non-hydrogen) atoms. The molecule has 0 aromatic heterocycles. The number of amides is 1. The summed E-state index contributed by atoms with van der Waals surface area (Å²) in [6.07, 6.45) is 0. The number of nitro benzene ring substituents is 1. The van der Waals surface area contributed by atoms with Crippen LogP contribution in [0.25, 0.3) is 0 Å². The van der Waals surface area contributed by atoms with E-state index in [-0.39, 0.29) is 31.9 Å². The Morgan fingerprint density at radius 3 is 2.79 bits per heavy atom. The Hall–Kier alpha value is -2.06. The van der Waals surface area contributed by atoms with Gasteiger partial charge in [0.2, 0.25) is 0 Å². The highest BCUT2D eigenvalue weighted by atomic mass is 19.1. The average molecular weight is 272 g/mol. The summed E-state index contributed by atoms with van der Waals surface area (Å²) in [5.41, 5.74) is -0.687. The molecule has 0 saturated heterocycles. The summed E-state index contributed by atoms with van der Waals surface area (Å²) < 4.78 is 18.4. The minimum atomic E-state index is -0.956. The number of benzene rings is 1. The molecular weight excluding hydrogens is 259 g/mol. The van der Waals surface area contributed by atoms with Crippen molar-refractivity contribution in [3.05, 3.63) is 39.7 Å². The van der Waals surface area contributed by atoms with Crippen LogP contribution in [0.15, 0.2) is 18.2 Å². The van der Waals surface area contributed by atoms with Crippen LogP contribution in [0.5, 0.6) is 0 Å². The molecule has 1 amide bonds. The summed E-state index contributed by atoms with van der Waals surface area (Å²) in [4.78, 5) is 21.2. The number of non-ortho nitro benzene ring substituents is 1. The summed E-state index contributed by atoms with van der Waals surface area (Å²) in [6, 6.07) is 2.80. The second kappa shape index (κ2) is 7.39. The maximum Gasteiger partial charge on any atom is 0.272 e. The fourth-order valence-electron chi connectivity index (χ4n) is 1.30. The van der Waals surface area contributed by atoms with Crippen molar-refractivity contribution in [3.8, 4) is 0 Å². The smallest absolute Gasteiger partial charge is 0.272 e. The van der Waals surface area contributed by atoms with Gasteiger partial charge >= 0.3 is 0 Å². The summed E-state index contributed by atoms with van der Waals surface area (Å²) in [5, 5.41) is 21.2.